The third kappa shape index (κ3) is 3.65. The lowest BCUT2D eigenvalue weighted by molar-refractivity contribution is -0.385. The van der Waals surface area contributed by atoms with E-state index in [0.717, 1.165) is 12.1 Å². The van der Waals surface area contributed by atoms with Gasteiger partial charge in [-0.05, 0) is 19.5 Å². The Kier molecular flexibility index (Phi) is 4.55. The van der Waals surface area contributed by atoms with Crippen LogP contribution in [0.1, 0.15) is 12.0 Å². The molecule has 2 atom stereocenters. The number of rotatable bonds is 3. The topological polar surface area (TPSA) is 55.6 Å². The molecule has 1 aromatic carbocycles. The molecule has 0 saturated carbocycles. The van der Waals surface area contributed by atoms with E-state index in [1.807, 2.05) is 0 Å². The number of nitrogens with zero attached hydrogens (tertiary/aromatic N) is 2. The molecule has 2 unspecified atom stereocenters. The first-order valence-electron chi connectivity index (χ1n) is 6.53. The van der Waals surface area contributed by atoms with Crippen molar-refractivity contribution in [2.45, 2.75) is 24.9 Å². The van der Waals surface area contributed by atoms with Crippen molar-refractivity contribution in [3.63, 3.8) is 0 Å². The lowest BCUT2D eigenvalue weighted by Crippen LogP contribution is -2.45. The summed E-state index contributed by atoms with van der Waals surface area (Å²) in [5.41, 5.74) is -1.97. The van der Waals surface area contributed by atoms with E-state index in [-0.39, 0.29) is 13.0 Å². The first-order valence-corrected chi connectivity index (χ1v) is 6.53. The van der Waals surface area contributed by atoms with Crippen LogP contribution < -0.4 is 4.74 Å². The highest BCUT2D eigenvalue weighted by atomic mass is 19.4. The van der Waals surface area contributed by atoms with Gasteiger partial charge in [0.1, 0.15) is 23.6 Å². The van der Waals surface area contributed by atoms with Crippen LogP contribution in [0.3, 0.4) is 0 Å². The summed E-state index contributed by atoms with van der Waals surface area (Å²) in [7, 11) is 1.70. The molecule has 1 aliphatic rings. The van der Waals surface area contributed by atoms with Crippen LogP contribution in [0.2, 0.25) is 0 Å². The molecule has 1 saturated heterocycles. The number of halogens is 4. The Morgan fingerprint density at radius 1 is 1.41 bits per heavy atom. The largest absolute Gasteiger partial charge is 0.487 e. The number of alkyl halides is 4. The molecule has 1 aliphatic heterocycles. The monoisotopic (exact) mass is 322 g/mol. The Bertz CT molecular complexity index is 565. The van der Waals surface area contributed by atoms with E-state index < -0.39 is 40.4 Å². The number of non-ortho nitro benzene ring substituents is 1. The maximum Gasteiger partial charge on any atom is 0.420 e. The van der Waals surface area contributed by atoms with Gasteiger partial charge in [0.25, 0.3) is 5.69 Å². The molecule has 0 bridgehead atoms. The predicted molar refractivity (Wildman–Crippen MR) is 69.5 cm³/mol. The molecular weight excluding hydrogens is 308 g/mol. The molecular formula is C13H14F4N2O3. The van der Waals surface area contributed by atoms with E-state index >= 15 is 0 Å². The zero-order valence-electron chi connectivity index (χ0n) is 11.6. The van der Waals surface area contributed by atoms with Gasteiger partial charge in [-0.2, -0.15) is 13.2 Å². The fourth-order valence-corrected chi connectivity index (χ4v) is 2.29. The number of likely N-dealkylation sites (tertiary alicyclic amines) is 1. The summed E-state index contributed by atoms with van der Waals surface area (Å²) in [6, 6.07) is 2.18. The number of nitro groups is 1. The van der Waals surface area contributed by atoms with E-state index in [0.29, 0.717) is 12.6 Å². The number of hydrogen-bond donors (Lipinski definition) is 0. The molecule has 5 nitrogen and oxygen atoms in total. The third-order valence-electron chi connectivity index (χ3n) is 3.44. The highest BCUT2D eigenvalue weighted by molar-refractivity contribution is 5.45. The second kappa shape index (κ2) is 6.07. The van der Waals surface area contributed by atoms with Crippen LogP contribution in [0.25, 0.3) is 0 Å². The first kappa shape index (κ1) is 16.5. The predicted octanol–water partition coefficient (Wildman–Crippen LogP) is 3.03. The second-order valence-corrected chi connectivity index (χ2v) is 5.16. The van der Waals surface area contributed by atoms with Gasteiger partial charge in [0.2, 0.25) is 0 Å². The van der Waals surface area contributed by atoms with Crippen molar-refractivity contribution in [3.8, 4) is 5.75 Å². The lowest BCUT2D eigenvalue weighted by Gasteiger charge is -2.32. The van der Waals surface area contributed by atoms with Crippen LogP contribution in [-0.2, 0) is 6.18 Å². The number of benzene rings is 1. The summed E-state index contributed by atoms with van der Waals surface area (Å²) in [6.45, 7) is 0.568. The molecule has 0 amide bonds. The normalized spacial score (nSPS) is 23.3. The SMILES string of the molecule is CN1CCC(Oc2ccc([N+](=O)[O-])cc2C(F)(F)F)C(F)C1. The zero-order chi connectivity index (χ0) is 16.5. The highest BCUT2D eigenvalue weighted by Gasteiger charge is 2.38. The van der Waals surface area contributed by atoms with Gasteiger partial charge in [-0.15, -0.1) is 0 Å². The van der Waals surface area contributed by atoms with Gasteiger partial charge < -0.3 is 9.64 Å². The fourth-order valence-electron chi connectivity index (χ4n) is 2.29. The molecule has 0 spiro atoms. The Morgan fingerprint density at radius 3 is 2.64 bits per heavy atom. The zero-order valence-corrected chi connectivity index (χ0v) is 11.6. The van der Waals surface area contributed by atoms with Crippen LogP contribution >= 0.6 is 0 Å². The molecule has 122 valence electrons. The second-order valence-electron chi connectivity index (χ2n) is 5.16. The van der Waals surface area contributed by atoms with Crippen molar-refractivity contribution in [1.82, 2.24) is 4.90 Å². The average molecular weight is 322 g/mol. The number of nitro benzene ring substituents is 1. The van der Waals surface area contributed by atoms with Gasteiger partial charge in [-0.3, -0.25) is 10.1 Å². The summed E-state index contributed by atoms with van der Waals surface area (Å²) < 4.78 is 58.0. The van der Waals surface area contributed by atoms with Crippen LogP contribution in [0.5, 0.6) is 5.75 Å². The smallest absolute Gasteiger partial charge is 0.420 e. The first-order chi connectivity index (χ1) is 10.2. The Balaban J connectivity index is 2.28. The summed E-state index contributed by atoms with van der Waals surface area (Å²) in [5.74, 6) is -0.588. The molecule has 1 heterocycles. The van der Waals surface area contributed by atoms with E-state index in [9.17, 15) is 27.7 Å². The third-order valence-corrected chi connectivity index (χ3v) is 3.44. The van der Waals surface area contributed by atoms with Crippen LogP contribution in [0, 0.1) is 10.1 Å². The highest BCUT2D eigenvalue weighted by Crippen LogP contribution is 2.39. The van der Waals surface area contributed by atoms with Crippen LogP contribution in [0.15, 0.2) is 18.2 Å². The van der Waals surface area contributed by atoms with E-state index in [2.05, 4.69) is 0 Å². The van der Waals surface area contributed by atoms with Crippen molar-refractivity contribution >= 4 is 5.69 Å². The molecule has 1 fully saturated rings. The maximum atomic E-state index is 13.9. The van der Waals surface area contributed by atoms with Gasteiger partial charge in [-0.25, -0.2) is 4.39 Å². The Morgan fingerprint density at radius 2 is 2.09 bits per heavy atom. The number of ether oxygens (including phenoxy) is 1. The van der Waals surface area contributed by atoms with Crippen LogP contribution in [-0.4, -0.2) is 42.2 Å². The molecule has 0 aromatic heterocycles. The lowest BCUT2D eigenvalue weighted by atomic mass is 10.1. The minimum absolute atomic E-state index is 0.0685. The van der Waals surface area contributed by atoms with E-state index in [1.54, 1.807) is 11.9 Å². The minimum atomic E-state index is -4.82. The summed E-state index contributed by atoms with van der Waals surface area (Å²) in [4.78, 5) is 11.4. The number of hydrogen-bond acceptors (Lipinski definition) is 4. The van der Waals surface area contributed by atoms with Gasteiger partial charge in [0.05, 0.1) is 4.92 Å². The van der Waals surface area contributed by atoms with Crippen molar-refractivity contribution in [2.75, 3.05) is 20.1 Å². The molecule has 9 heteroatoms. The summed E-state index contributed by atoms with van der Waals surface area (Å²) >= 11 is 0. The van der Waals surface area contributed by atoms with Crippen molar-refractivity contribution in [1.29, 1.82) is 0 Å². The Hall–Kier alpha value is -1.90. The van der Waals surface area contributed by atoms with Crippen molar-refractivity contribution in [3.05, 3.63) is 33.9 Å². The standard InChI is InChI=1S/C13H14F4N2O3/c1-18-5-4-12(10(14)7-18)22-11-3-2-8(19(20)21)6-9(11)13(15,16)17/h2-3,6,10,12H,4-5,7H2,1H3. The Labute approximate surface area is 123 Å². The average Bonchev–Trinajstić information content (AvgIpc) is 2.41. The quantitative estimate of drug-likeness (QED) is 0.488. The molecule has 0 aliphatic carbocycles. The molecule has 2 rings (SSSR count). The number of piperidine rings is 1. The maximum absolute atomic E-state index is 13.9. The van der Waals surface area contributed by atoms with E-state index in [4.69, 9.17) is 4.74 Å². The van der Waals surface area contributed by atoms with Crippen LogP contribution in [0.4, 0.5) is 23.2 Å². The molecule has 0 radical (unpaired) electrons. The van der Waals surface area contributed by atoms with E-state index in [1.165, 1.54) is 0 Å². The molecule has 22 heavy (non-hydrogen) atoms. The summed E-state index contributed by atoms with van der Waals surface area (Å²) in [5, 5.41) is 10.6. The van der Waals surface area contributed by atoms with Gasteiger partial charge in [0, 0.05) is 25.2 Å². The van der Waals surface area contributed by atoms with Crippen molar-refractivity contribution < 1.29 is 27.2 Å². The van der Waals surface area contributed by atoms with Gasteiger partial charge in [-0.1, -0.05) is 0 Å². The van der Waals surface area contributed by atoms with Gasteiger partial charge >= 0.3 is 6.18 Å². The molecule has 1 aromatic rings. The molecule has 0 N–H and O–H groups in total. The fraction of sp³-hybridized carbons (Fsp3) is 0.538. The minimum Gasteiger partial charge on any atom is -0.487 e. The summed E-state index contributed by atoms with van der Waals surface area (Å²) in [6.07, 6.45) is -7.00. The van der Waals surface area contributed by atoms with Crippen molar-refractivity contribution in [2.24, 2.45) is 0 Å². The van der Waals surface area contributed by atoms with Gasteiger partial charge in [0.15, 0.2) is 0 Å².